The van der Waals surface area contributed by atoms with Gasteiger partial charge < -0.3 is 9.73 Å². The molecule has 120 valence electrons. The topological polar surface area (TPSA) is 93.8 Å². The Morgan fingerprint density at radius 3 is 3.00 bits per heavy atom. The second-order valence-electron chi connectivity index (χ2n) is 5.48. The van der Waals surface area contributed by atoms with Crippen molar-refractivity contribution in [3.05, 3.63) is 36.1 Å². The minimum absolute atomic E-state index is 0.0757. The van der Waals surface area contributed by atoms with Gasteiger partial charge in [-0.15, -0.1) is 10.2 Å². The van der Waals surface area contributed by atoms with Gasteiger partial charge in [0.2, 0.25) is 11.8 Å². The fraction of sp³-hybridized carbons (Fsp3) is 0.438. The third kappa shape index (κ3) is 4.45. The van der Waals surface area contributed by atoms with Crippen molar-refractivity contribution in [1.29, 1.82) is 0 Å². The van der Waals surface area contributed by atoms with Crippen LogP contribution in [-0.2, 0) is 11.2 Å². The Kier molecular flexibility index (Phi) is 5.08. The van der Waals surface area contributed by atoms with Crippen molar-refractivity contribution in [2.45, 2.75) is 38.5 Å². The molecule has 1 aliphatic carbocycles. The number of hydrogen-bond donors (Lipinski definition) is 1. The van der Waals surface area contributed by atoms with E-state index < -0.39 is 0 Å². The van der Waals surface area contributed by atoms with Crippen LogP contribution in [0.4, 0.5) is 0 Å². The molecule has 1 amide bonds. The molecule has 2 aromatic heterocycles. The van der Waals surface area contributed by atoms with Gasteiger partial charge in [0.1, 0.15) is 12.1 Å². The van der Waals surface area contributed by atoms with Crippen molar-refractivity contribution in [3.63, 3.8) is 0 Å². The number of nitrogens with one attached hydrogen (secondary N) is 1. The summed E-state index contributed by atoms with van der Waals surface area (Å²) in [6.45, 7) is 0.649. The average molecular weight is 313 g/mol. The predicted octanol–water partition coefficient (Wildman–Crippen LogP) is 2.08. The Morgan fingerprint density at radius 2 is 2.22 bits per heavy atom. The van der Waals surface area contributed by atoms with Crippen molar-refractivity contribution < 1.29 is 9.21 Å². The molecular weight excluding hydrogens is 294 g/mol. The maximum atomic E-state index is 11.9. The largest absolute Gasteiger partial charge is 0.419 e. The number of carbonyl (C=O) groups is 1. The van der Waals surface area contributed by atoms with Gasteiger partial charge in [0.05, 0.1) is 6.20 Å². The Hall–Kier alpha value is -2.57. The summed E-state index contributed by atoms with van der Waals surface area (Å²) in [5.74, 6) is 0.434. The maximum absolute atomic E-state index is 11.9. The summed E-state index contributed by atoms with van der Waals surface area (Å²) in [5.41, 5.74) is 1.94. The second-order valence-corrected chi connectivity index (χ2v) is 5.48. The highest BCUT2D eigenvalue weighted by Gasteiger charge is 2.13. The van der Waals surface area contributed by atoms with Crippen LogP contribution in [0, 0.1) is 0 Å². The van der Waals surface area contributed by atoms with E-state index in [0.29, 0.717) is 12.2 Å². The molecule has 7 heteroatoms. The normalized spacial score (nSPS) is 14.3. The summed E-state index contributed by atoms with van der Waals surface area (Å²) in [4.78, 5) is 19.9. The Morgan fingerprint density at radius 1 is 1.26 bits per heavy atom. The molecule has 1 N–H and O–H groups in total. The van der Waals surface area contributed by atoms with Crippen LogP contribution >= 0.6 is 0 Å². The van der Waals surface area contributed by atoms with Gasteiger partial charge in [-0.2, -0.15) is 0 Å². The van der Waals surface area contributed by atoms with Crippen LogP contribution in [0.15, 0.2) is 34.7 Å². The zero-order chi connectivity index (χ0) is 15.9. The number of hydrogen-bond acceptors (Lipinski definition) is 6. The molecule has 7 nitrogen and oxygen atoms in total. The average Bonchev–Trinajstić information content (AvgIpc) is 3.05. The van der Waals surface area contributed by atoms with E-state index in [1.54, 1.807) is 12.4 Å². The van der Waals surface area contributed by atoms with E-state index in [9.17, 15) is 4.79 Å². The Labute approximate surface area is 134 Å². The first kappa shape index (κ1) is 15.3. The summed E-state index contributed by atoms with van der Waals surface area (Å²) in [5, 5.41) is 10.7. The number of rotatable bonds is 6. The summed E-state index contributed by atoms with van der Waals surface area (Å²) in [6.07, 6.45) is 12.8. The fourth-order valence-corrected chi connectivity index (χ4v) is 2.53. The zero-order valence-electron chi connectivity index (χ0n) is 12.9. The van der Waals surface area contributed by atoms with Crippen LogP contribution in [0.25, 0.3) is 11.6 Å². The first-order valence-corrected chi connectivity index (χ1v) is 7.84. The lowest BCUT2D eigenvalue weighted by Crippen LogP contribution is -2.26. The lowest BCUT2D eigenvalue weighted by molar-refractivity contribution is -0.120. The number of aromatic nitrogens is 4. The van der Waals surface area contributed by atoms with Crippen LogP contribution in [0.3, 0.4) is 0 Å². The SMILES string of the molecule is O=C(Cc1nnc(-c2cnccn2)o1)NCCC1=CCCCC1. The van der Waals surface area contributed by atoms with E-state index in [4.69, 9.17) is 4.42 Å². The van der Waals surface area contributed by atoms with Gasteiger partial charge in [-0.05, 0) is 32.1 Å². The molecule has 0 saturated heterocycles. The smallest absolute Gasteiger partial charge is 0.267 e. The predicted molar refractivity (Wildman–Crippen MR) is 83.2 cm³/mol. The minimum atomic E-state index is -0.115. The molecule has 2 aromatic rings. The molecule has 0 aromatic carbocycles. The van der Waals surface area contributed by atoms with Crippen LogP contribution < -0.4 is 5.32 Å². The maximum Gasteiger partial charge on any atom is 0.267 e. The van der Waals surface area contributed by atoms with E-state index in [-0.39, 0.29) is 24.1 Å². The van der Waals surface area contributed by atoms with Crippen LogP contribution in [0.1, 0.15) is 38.0 Å². The van der Waals surface area contributed by atoms with E-state index in [1.165, 1.54) is 24.6 Å². The standard InChI is InChI=1S/C16H19N5O2/c22-14(19-7-6-12-4-2-1-3-5-12)10-15-20-21-16(23-15)13-11-17-8-9-18-13/h4,8-9,11H,1-3,5-7,10H2,(H,19,22). The molecule has 0 unspecified atom stereocenters. The van der Waals surface area contributed by atoms with Gasteiger partial charge in [0.15, 0.2) is 0 Å². The molecule has 3 rings (SSSR count). The second kappa shape index (κ2) is 7.62. The van der Waals surface area contributed by atoms with E-state index in [1.807, 2.05) is 0 Å². The minimum Gasteiger partial charge on any atom is -0.419 e. The Bertz CT molecular complexity index is 681. The number of allylic oxidation sites excluding steroid dienone is 1. The molecule has 0 bridgehead atoms. The quantitative estimate of drug-likeness (QED) is 0.821. The molecule has 0 saturated carbocycles. The van der Waals surface area contributed by atoms with Crippen LogP contribution in [-0.4, -0.2) is 32.6 Å². The first-order chi connectivity index (χ1) is 11.3. The van der Waals surface area contributed by atoms with Crippen molar-refractivity contribution in [3.8, 4) is 11.6 Å². The third-order valence-corrected chi connectivity index (χ3v) is 3.71. The highest BCUT2D eigenvalue weighted by Crippen LogP contribution is 2.19. The third-order valence-electron chi connectivity index (χ3n) is 3.71. The summed E-state index contributed by atoms with van der Waals surface area (Å²) in [7, 11) is 0. The van der Waals surface area contributed by atoms with Gasteiger partial charge in [0, 0.05) is 18.9 Å². The molecule has 0 fully saturated rings. The number of nitrogens with zero attached hydrogens (tertiary/aromatic N) is 4. The van der Waals surface area contributed by atoms with E-state index in [2.05, 4.69) is 31.6 Å². The Balaban J connectivity index is 1.46. The summed E-state index contributed by atoms with van der Waals surface area (Å²) in [6, 6.07) is 0. The monoisotopic (exact) mass is 313 g/mol. The van der Waals surface area contributed by atoms with E-state index in [0.717, 1.165) is 19.3 Å². The van der Waals surface area contributed by atoms with Gasteiger partial charge in [0.25, 0.3) is 5.89 Å². The highest BCUT2D eigenvalue weighted by molar-refractivity contribution is 5.77. The van der Waals surface area contributed by atoms with Crippen molar-refractivity contribution in [2.75, 3.05) is 6.54 Å². The zero-order valence-corrected chi connectivity index (χ0v) is 12.9. The first-order valence-electron chi connectivity index (χ1n) is 7.84. The van der Waals surface area contributed by atoms with Gasteiger partial charge in [-0.3, -0.25) is 9.78 Å². The number of carbonyl (C=O) groups excluding carboxylic acids is 1. The van der Waals surface area contributed by atoms with Gasteiger partial charge in [-0.1, -0.05) is 11.6 Å². The molecule has 0 radical (unpaired) electrons. The molecule has 2 heterocycles. The number of amides is 1. The molecule has 0 atom stereocenters. The van der Waals surface area contributed by atoms with Gasteiger partial charge >= 0.3 is 0 Å². The molecule has 0 spiro atoms. The van der Waals surface area contributed by atoms with Crippen molar-refractivity contribution in [1.82, 2.24) is 25.5 Å². The summed E-state index contributed by atoms with van der Waals surface area (Å²) >= 11 is 0. The lowest BCUT2D eigenvalue weighted by atomic mass is 9.97. The molecule has 0 aliphatic heterocycles. The van der Waals surface area contributed by atoms with Crippen LogP contribution in [0.5, 0.6) is 0 Å². The van der Waals surface area contributed by atoms with Crippen molar-refractivity contribution >= 4 is 5.91 Å². The van der Waals surface area contributed by atoms with Gasteiger partial charge in [-0.25, -0.2) is 4.98 Å². The molecule has 23 heavy (non-hydrogen) atoms. The fourth-order valence-electron chi connectivity index (χ4n) is 2.53. The highest BCUT2D eigenvalue weighted by atomic mass is 16.4. The van der Waals surface area contributed by atoms with Crippen LogP contribution in [0.2, 0.25) is 0 Å². The lowest BCUT2D eigenvalue weighted by Gasteiger charge is -2.12. The van der Waals surface area contributed by atoms with E-state index >= 15 is 0 Å². The molecule has 1 aliphatic rings. The summed E-state index contributed by atoms with van der Waals surface area (Å²) < 4.78 is 5.44. The van der Waals surface area contributed by atoms with Crippen molar-refractivity contribution in [2.24, 2.45) is 0 Å². The molecular formula is C16H19N5O2.